The molecule has 0 radical (unpaired) electrons. The van der Waals surface area contributed by atoms with E-state index >= 15 is 0 Å². The molecule has 3 aromatic rings. The molecular weight excluding hydrogens is 413 g/mol. The third-order valence-electron chi connectivity index (χ3n) is 3.58. The molecule has 3 rings (SSSR count). The SMILES string of the molecule is COc1ccc(Cl)c(S(=O)(=O)NC(=O)c2cn(-c3cccc(Cl)c3)cn2)c1. The lowest BCUT2D eigenvalue weighted by molar-refractivity contribution is 0.0977. The number of nitrogens with zero attached hydrogens (tertiary/aromatic N) is 2. The van der Waals surface area contributed by atoms with Crippen LogP contribution in [0.3, 0.4) is 0 Å². The molecule has 27 heavy (non-hydrogen) atoms. The van der Waals surface area contributed by atoms with E-state index in [4.69, 9.17) is 27.9 Å². The minimum atomic E-state index is -4.21. The molecule has 0 saturated carbocycles. The molecule has 0 spiro atoms. The number of sulfonamides is 1. The molecule has 0 saturated heterocycles. The van der Waals surface area contributed by atoms with Gasteiger partial charge in [-0.05, 0) is 30.3 Å². The average molecular weight is 426 g/mol. The van der Waals surface area contributed by atoms with Gasteiger partial charge < -0.3 is 9.30 Å². The fourth-order valence-corrected chi connectivity index (χ4v) is 3.93. The molecular formula is C17H13Cl2N3O4S. The van der Waals surface area contributed by atoms with Crippen molar-refractivity contribution < 1.29 is 17.9 Å². The van der Waals surface area contributed by atoms with E-state index in [1.807, 2.05) is 4.72 Å². The average Bonchev–Trinajstić information content (AvgIpc) is 3.12. The van der Waals surface area contributed by atoms with Gasteiger partial charge >= 0.3 is 0 Å². The van der Waals surface area contributed by atoms with E-state index in [0.29, 0.717) is 10.7 Å². The van der Waals surface area contributed by atoms with Gasteiger partial charge in [0.1, 0.15) is 22.7 Å². The Kier molecular flexibility index (Phi) is 5.41. The third-order valence-corrected chi connectivity index (χ3v) is 5.62. The minimum Gasteiger partial charge on any atom is -0.497 e. The Morgan fingerprint density at radius 2 is 1.96 bits per heavy atom. The van der Waals surface area contributed by atoms with E-state index in [0.717, 1.165) is 0 Å². The summed E-state index contributed by atoms with van der Waals surface area (Å²) in [5.74, 6) is -0.605. The van der Waals surface area contributed by atoms with Crippen LogP contribution >= 0.6 is 23.2 Å². The summed E-state index contributed by atoms with van der Waals surface area (Å²) in [4.78, 5) is 16.0. The van der Waals surface area contributed by atoms with Gasteiger partial charge in [0.15, 0.2) is 0 Å². The molecule has 0 aliphatic carbocycles. The number of carbonyl (C=O) groups is 1. The molecule has 1 heterocycles. The Morgan fingerprint density at radius 1 is 1.19 bits per heavy atom. The lowest BCUT2D eigenvalue weighted by Gasteiger charge is -2.09. The molecule has 0 fully saturated rings. The highest BCUT2D eigenvalue weighted by atomic mass is 35.5. The lowest BCUT2D eigenvalue weighted by Crippen LogP contribution is -2.31. The second-order valence-electron chi connectivity index (χ2n) is 5.38. The van der Waals surface area contributed by atoms with Crippen LogP contribution in [-0.2, 0) is 10.0 Å². The number of nitrogens with one attached hydrogen (secondary N) is 1. The molecule has 0 aliphatic heterocycles. The summed E-state index contributed by atoms with van der Waals surface area (Å²) in [5.41, 5.74) is 0.588. The van der Waals surface area contributed by atoms with Crippen LogP contribution in [0.2, 0.25) is 10.0 Å². The number of benzene rings is 2. The van der Waals surface area contributed by atoms with Crippen molar-refractivity contribution in [1.82, 2.24) is 14.3 Å². The molecule has 1 aromatic heterocycles. The minimum absolute atomic E-state index is 0.0412. The van der Waals surface area contributed by atoms with E-state index in [2.05, 4.69) is 4.98 Å². The predicted molar refractivity (Wildman–Crippen MR) is 101 cm³/mol. The van der Waals surface area contributed by atoms with E-state index in [9.17, 15) is 13.2 Å². The molecule has 1 N–H and O–H groups in total. The van der Waals surface area contributed by atoms with Crippen molar-refractivity contribution in [3.63, 3.8) is 0 Å². The molecule has 0 atom stereocenters. The van der Waals surface area contributed by atoms with Crippen LogP contribution in [0.1, 0.15) is 10.5 Å². The van der Waals surface area contributed by atoms with Crippen molar-refractivity contribution in [2.45, 2.75) is 4.90 Å². The smallest absolute Gasteiger partial charge is 0.285 e. The van der Waals surface area contributed by atoms with Crippen molar-refractivity contribution >= 4 is 39.1 Å². The molecule has 10 heteroatoms. The highest BCUT2D eigenvalue weighted by Crippen LogP contribution is 2.26. The summed E-state index contributed by atoms with van der Waals surface area (Å²) < 4.78 is 33.5. The number of aromatic nitrogens is 2. The number of rotatable bonds is 5. The first-order valence-electron chi connectivity index (χ1n) is 7.51. The summed E-state index contributed by atoms with van der Waals surface area (Å²) in [6.07, 6.45) is 2.77. The number of methoxy groups -OCH3 is 1. The van der Waals surface area contributed by atoms with Crippen LogP contribution in [0, 0.1) is 0 Å². The molecule has 0 aliphatic rings. The molecule has 2 aromatic carbocycles. The van der Waals surface area contributed by atoms with Crippen LogP contribution in [0.15, 0.2) is 59.9 Å². The van der Waals surface area contributed by atoms with Gasteiger partial charge in [-0.2, -0.15) is 0 Å². The standard InChI is InChI=1S/C17H13Cl2N3O4S/c1-26-13-5-6-14(19)16(8-13)27(24,25)21-17(23)15-9-22(10-20-15)12-4-2-3-11(18)7-12/h2-10H,1H3,(H,21,23). The Labute approximate surface area is 165 Å². The third kappa shape index (κ3) is 4.24. The second kappa shape index (κ2) is 7.59. The van der Waals surface area contributed by atoms with Crippen LogP contribution < -0.4 is 9.46 Å². The summed E-state index contributed by atoms with van der Waals surface area (Å²) in [7, 11) is -2.83. The van der Waals surface area contributed by atoms with Crippen LogP contribution in [-0.4, -0.2) is 31.0 Å². The van der Waals surface area contributed by atoms with Gasteiger partial charge in [0.25, 0.3) is 15.9 Å². The van der Waals surface area contributed by atoms with Crippen molar-refractivity contribution in [2.75, 3.05) is 7.11 Å². The Balaban J connectivity index is 1.85. The van der Waals surface area contributed by atoms with E-state index in [-0.39, 0.29) is 21.4 Å². The highest BCUT2D eigenvalue weighted by molar-refractivity contribution is 7.90. The number of amides is 1. The molecule has 0 bridgehead atoms. The topological polar surface area (TPSA) is 90.3 Å². The van der Waals surface area contributed by atoms with Gasteiger partial charge in [-0.3, -0.25) is 4.79 Å². The van der Waals surface area contributed by atoms with Crippen LogP contribution in [0.25, 0.3) is 5.69 Å². The quantitative estimate of drug-likeness (QED) is 0.676. The zero-order valence-electron chi connectivity index (χ0n) is 13.9. The van der Waals surface area contributed by atoms with Crippen LogP contribution in [0.5, 0.6) is 5.75 Å². The monoisotopic (exact) mass is 425 g/mol. The van der Waals surface area contributed by atoms with Gasteiger partial charge in [-0.15, -0.1) is 0 Å². The number of hydrogen-bond donors (Lipinski definition) is 1. The van der Waals surface area contributed by atoms with E-state index in [1.54, 1.807) is 28.8 Å². The van der Waals surface area contributed by atoms with Gasteiger partial charge in [0.05, 0.1) is 12.1 Å². The zero-order valence-corrected chi connectivity index (χ0v) is 16.2. The van der Waals surface area contributed by atoms with Crippen molar-refractivity contribution in [1.29, 1.82) is 0 Å². The number of ether oxygens (including phenoxy) is 1. The van der Waals surface area contributed by atoms with Crippen LogP contribution in [0.4, 0.5) is 0 Å². The normalized spacial score (nSPS) is 11.2. The van der Waals surface area contributed by atoms with Gasteiger partial charge in [-0.1, -0.05) is 29.3 Å². The molecule has 1 amide bonds. The maximum absolute atomic E-state index is 12.5. The highest BCUT2D eigenvalue weighted by Gasteiger charge is 2.23. The summed E-state index contributed by atoms with van der Waals surface area (Å²) in [5, 5.41) is 0.475. The fourth-order valence-electron chi connectivity index (χ4n) is 2.26. The number of carbonyl (C=O) groups excluding carboxylic acids is 1. The summed E-state index contributed by atoms with van der Waals surface area (Å²) >= 11 is 11.9. The first kappa shape index (κ1) is 19.2. The lowest BCUT2D eigenvalue weighted by atomic mass is 10.3. The largest absolute Gasteiger partial charge is 0.497 e. The molecule has 0 unspecified atom stereocenters. The van der Waals surface area contributed by atoms with Gasteiger partial charge in [-0.25, -0.2) is 18.1 Å². The zero-order chi connectivity index (χ0) is 19.6. The Bertz CT molecular complexity index is 1110. The Morgan fingerprint density at radius 3 is 2.67 bits per heavy atom. The number of imidazole rings is 1. The predicted octanol–water partition coefficient (Wildman–Crippen LogP) is 3.31. The fraction of sp³-hybridized carbons (Fsp3) is 0.0588. The van der Waals surface area contributed by atoms with E-state index < -0.39 is 15.9 Å². The maximum atomic E-state index is 12.5. The van der Waals surface area contributed by atoms with Gasteiger partial charge in [0, 0.05) is 23.0 Å². The summed E-state index contributed by atoms with van der Waals surface area (Å²) in [6, 6.07) is 11.0. The first-order chi connectivity index (χ1) is 12.8. The summed E-state index contributed by atoms with van der Waals surface area (Å²) in [6.45, 7) is 0. The maximum Gasteiger partial charge on any atom is 0.285 e. The number of halogens is 2. The van der Waals surface area contributed by atoms with Gasteiger partial charge in [0.2, 0.25) is 0 Å². The van der Waals surface area contributed by atoms with Crippen molar-refractivity contribution in [2.24, 2.45) is 0 Å². The molecule has 140 valence electrons. The van der Waals surface area contributed by atoms with Crippen molar-refractivity contribution in [3.8, 4) is 11.4 Å². The Hall–Kier alpha value is -2.55. The molecule has 7 nitrogen and oxygen atoms in total. The van der Waals surface area contributed by atoms with Crippen molar-refractivity contribution in [3.05, 3.63) is 70.7 Å². The number of hydrogen-bond acceptors (Lipinski definition) is 5. The first-order valence-corrected chi connectivity index (χ1v) is 9.75. The van der Waals surface area contributed by atoms with E-state index in [1.165, 1.54) is 37.8 Å². The second-order valence-corrected chi connectivity index (χ2v) is 7.87.